The van der Waals surface area contributed by atoms with Crippen molar-refractivity contribution in [2.75, 3.05) is 25.5 Å². The van der Waals surface area contributed by atoms with Crippen molar-refractivity contribution in [3.05, 3.63) is 53.0 Å². The fraction of sp³-hybridized carbons (Fsp3) is 0.333. The van der Waals surface area contributed by atoms with Crippen LogP contribution in [0.15, 0.2) is 41.6 Å². The van der Waals surface area contributed by atoms with Crippen molar-refractivity contribution in [1.82, 2.24) is 14.5 Å². The average molecular weight is 389 g/mol. The predicted molar refractivity (Wildman–Crippen MR) is 98.4 cm³/mol. The van der Waals surface area contributed by atoms with E-state index in [1.165, 1.54) is 36.2 Å². The average Bonchev–Trinajstić information content (AvgIpc) is 3.07. The second kappa shape index (κ2) is 8.28. The molecule has 2 aromatic rings. The van der Waals surface area contributed by atoms with Gasteiger partial charge in [0.05, 0.1) is 36.3 Å². The number of aromatic nitrogens is 2. The van der Waals surface area contributed by atoms with Crippen LogP contribution < -0.4 is 16.6 Å². The van der Waals surface area contributed by atoms with E-state index in [0.717, 1.165) is 12.3 Å². The number of hydrogen-bond acceptors (Lipinski definition) is 6. The largest absolute Gasteiger partial charge is 0.380 e. The molecule has 2 atom stereocenters. The Kier molecular flexibility index (Phi) is 5.81. The summed E-state index contributed by atoms with van der Waals surface area (Å²) in [6.07, 6.45) is 4.15. The summed E-state index contributed by atoms with van der Waals surface area (Å²) in [5.41, 5.74) is 5.25. The topological polar surface area (TPSA) is 120 Å². The van der Waals surface area contributed by atoms with Crippen LogP contribution in [0.2, 0.25) is 0 Å². The van der Waals surface area contributed by atoms with Gasteiger partial charge < -0.3 is 15.8 Å². The molecule has 1 aliphatic heterocycles. The van der Waals surface area contributed by atoms with E-state index < -0.39 is 29.2 Å². The highest BCUT2D eigenvalue weighted by Crippen LogP contribution is 2.21. The Labute approximate surface area is 159 Å². The second-order valence-electron chi connectivity index (χ2n) is 6.44. The molecule has 3 N–H and O–H groups in total. The molecule has 0 aliphatic carbocycles. The smallest absolute Gasteiger partial charge is 0.273 e. The highest BCUT2D eigenvalue weighted by Gasteiger charge is 2.36. The summed E-state index contributed by atoms with van der Waals surface area (Å²) in [4.78, 5) is 41.0. The van der Waals surface area contributed by atoms with Gasteiger partial charge in [-0.15, -0.1) is 0 Å². The number of halogens is 1. The number of carbonyl (C=O) groups excluding carboxylic acids is 2. The number of nitrogens with two attached hydrogens (primary N) is 1. The van der Waals surface area contributed by atoms with Gasteiger partial charge in [0.2, 0.25) is 11.8 Å². The molecule has 0 spiro atoms. The van der Waals surface area contributed by atoms with E-state index in [4.69, 9.17) is 10.5 Å². The molecule has 1 saturated heterocycles. The molecule has 0 bridgehead atoms. The third kappa shape index (κ3) is 4.24. The fourth-order valence-electron chi connectivity index (χ4n) is 3.19. The minimum Gasteiger partial charge on any atom is -0.380 e. The zero-order valence-electron chi connectivity index (χ0n) is 15.2. The number of methoxy groups -OCH3 is 1. The molecule has 0 saturated carbocycles. The van der Waals surface area contributed by atoms with Gasteiger partial charge in [0.1, 0.15) is 5.82 Å². The summed E-state index contributed by atoms with van der Waals surface area (Å²) in [5.74, 6) is -1.72. The molecule has 2 heterocycles. The summed E-state index contributed by atoms with van der Waals surface area (Å²) >= 11 is 0. The summed E-state index contributed by atoms with van der Waals surface area (Å²) in [6.45, 7) is 0.252. The molecule has 28 heavy (non-hydrogen) atoms. The standard InChI is InChI=1S/C18H20FN5O4/c1-28-12-7-15(18(20)27)23(9-12)10-16(25)22-14-3-2-11(6-13(14)19)24-5-4-21-8-17(24)26/h2-6,8,12,15H,7,9-10H2,1H3,(H2,20,27)(H,22,25)/t12-,15?/m0/s1. The third-order valence-electron chi connectivity index (χ3n) is 4.60. The number of nitrogens with zero attached hydrogens (tertiary/aromatic N) is 3. The van der Waals surface area contributed by atoms with Crippen LogP contribution in [0.3, 0.4) is 0 Å². The number of rotatable bonds is 6. The maximum absolute atomic E-state index is 14.4. The Bertz CT molecular complexity index is 948. The van der Waals surface area contributed by atoms with E-state index in [-0.39, 0.29) is 18.3 Å². The minimum atomic E-state index is -0.697. The number of likely N-dealkylation sites (tertiary alicyclic amines) is 1. The molecular weight excluding hydrogens is 369 g/mol. The molecule has 0 radical (unpaired) electrons. The Hall–Kier alpha value is -3.11. The maximum atomic E-state index is 14.4. The lowest BCUT2D eigenvalue weighted by molar-refractivity contribution is -0.123. The van der Waals surface area contributed by atoms with Crippen LogP contribution in [0.4, 0.5) is 10.1 Å². The maximum Gasteiger partial charge on any atom is 0.273 e. The van der Waals surface area contributed by atoms with Gasteiger partial charge >= 0.3 is 0 Å². The number of anilines is 1. The number of ether oxygens (including phenoxy) is 1. The molecule has 1 aromatic carbocycles. The summed E-state index contributed by atoms with van der Waals surface area (Å²) in [5, 5.41) is 2.47. The number of benzene rings is 1. The van der Waals surface area contributed by atoms with Gasteiger partial charge in [-0.2, -0.15) is 0 Å². The van der Waals surface area contributed by atoms with Gasteiger partial charge in [-0.3, -0.25) is 28.8 Å². The molecule has 1 aliphatic rings. The van der Waals surface area contributed by atoms with E-state index in [2.05, 4.69) is 10.3 Å². The van der Waals surface area contributed by atoms with Gasteiger partial charge in [-0.05, 0) is 18.6 Å². The zero-order chi connectivity index (χ0) is 20.3. The first kappa shape index (κ1) is 19.6. The van der Waals surface area contributed by atoms with Gasteiger partial charge in [0.15, 0.2) is 0 Å². The lowest BCUT2D eigenvalue weighted by Gasteiger charge is -2.21. The molecule has 148 valence electrons. The van der Waals surface area contributed by atoms with Gasteiger partial charge in [-0.25, -0.2) is 4.39 Å². The van der Waals surface area contributed by atoms with E-state index in [1.807, 2.05) is 0 Å². The molecule has 3 rings (SSSR count). The second-order valence-corrected chi connectivity index (χ2v) is 6.44. The van der Waals surface area contributed by atoms with E-state index >= 15 is 0 Å². The third-order valence-corrected chi connectivity index (χ3v) is 4.60. The first-order chi connectivity index (χ1) is 13.4. The number of carbonyl (C=O) groups is 2. The van der Waals surface area contributed by atoms with Crippen LogP contribution >= 0.6 is 0 Å². The van der Waals surface area contributed by atoms with Crippen LogP contribution in [-0.4, -0.2) is 58.6 Å². The molecular formula is C18H20FN5O4. The van der Waals surface area contributed by atoms with E-state index in [0.29, 0.717) is 18.7 Å². The Balaban J connectivity index is 1.70. The van der Waals surface area contributed by atoms with Crippen LogP contribution in [0.25, 0.3) is 5.69 Å². The summed E-state index contributed by atoms with van der Waals surface area (Å²) in [6, 6.07) is 3.40. The monoisotopic (exact) mass is 389 g/mol. The molecule has 9 nitrogen and oxygen atoms in total. The van der Waals surface area contributed by atoms with Gasteiger partial charge in [0.25, 0.3) is 5.56 Å². The minimum absolute atomic E-state index is 0.0334. The number of hydrogen-bond donors (Lipinski definition) is 2. The van der Waals surface area contributed by atoms with Crippen molar-refractivity contribution in [2.45, 2.75) is 18.6 Å². The summed E-state index contributed by atoms with van der Waals surface area (Å²) < 4.78 is 20.9. The van der Waals surface area contributed by atoms with Crippen molar-refractivity contribution < 1.29 is 18.7 Å². The Morgan fingerprint density at radius 1 is 1.43 bits per heavy atom. The molecule has 2 amide bonds. The quantitative estimate of drug-likeness (QED) is 0.711. The van der Waals surface area contributed by atoms with E-state index in [9.17, 15) is 18.8 Å². The predicted octanol–water partition coefficient (Wildman–Crippen LogP) is -0.115. The highest BCUT2D eigenvalue weighted by molar-refractivity contribution is 5.93. The van der Waals surface area contributed by atoms with Crippen LogP contribution in [-0.2, 0) is 14.3 Å². The molecule has 1 unspecified atom stereocenters. The zero-order valence-corrected chi connectivity index (χ0v) is 15.2. The fourth-order valence-corrected chi connectivity index (χ4v) is 3.19. The van der Waals surface area contributed by atoms with Gasteiger partial charge in [-0.1, -0.05) is 0 Å². The van der Waals surface area contributed by atoms with Crippen LogP contribution in [0, 0.1) is 5.82 Å². The first-order valence-electron chi connectivity index (χ1n) is 8.57. The Morgan fingerprint density at radius 2 is 2.21 bits per heavy atom. The molecule has 1 fully saturated rings. The lowest BCUT2D eigenvalue weighted by Crippen LogP contribution is -2.44. The number of amides is 2. The normalized spacial score (nSPS) is 19.5. The highest BCUT2D eigenvalue weighted by atomic mass is 19.1. The SMILES string of the molecule is CO[C@H]1CC(C(N)=O)N(CC(=O)Nc2ccc(-n3ccncc3=O)cc2F)C1. The number of nitrogens with one attached hydrogen (secondary N) is 1. The van der Waals surface area contributed by atoms with Crippen molar-refractivity contribution in [3.8, 4) is 5.69 Å². The first-order valence-corrected chi connectivity index (χ1v) is 8.57. The van der Waals surface area contributed by atoms with Crippen molar-refractivity contribution >= 4 is 17.5 Å². The van der Waals surface area contributed by atoms with E-state index in [1.54, 1.807) is 4.90 Å². The lowest BCUT2D eigenvalue weighted by atomic mass is 10.2. The van der Waals surface area contributed by atoms with Crippen LogP contribution in [0.1, 0.15) is 6.42 Å². The van der Waals surface area contributed by atoms with Crippen molar-refractivity contribution in [3.63, 3.8) is 0 Å². The van der Waals surface area contributed by atoms with Gasteiger partial charge in [0, 0.05) is 32.1 Å². The van der Waals surface area contributed by atoms with Crippen LogP contribution in [0.5, 0.6) is 0 Å². The van der Waals surface area contributed by atoms with Crippen molar-refractivity contribution in [2.24, 2.45) is 5.73 Å². The molecule has 10 heteroatoms. The van der Waals surface area contributed by atoms with Crippen molar-refractivity contribution in [1.29, 1.82) is 0 Å². The summed E-state index contributed by atoms with van der Waals surface area (Å²) in [7, 11) is 1.53. The Morgan fingerprint density at radius 3 is 2.86 bits per heavy atom. The molecule has 1 aromatic heterocycles. The number of primary amides is 1.